The summed E-state index contributed by atoms with van der Waals surface area (Å²) in [5.74, 6) is -0.0288. The highest BCUT2D eigenvalue weighted by atomic mass is 16.2. The third-order valence-corrected chi connectivity index (χ3v) is 3.20. The maximum atomic E-state index is 12.1. The van der Waals surface area contributed by atoms with Crippen LogP contribution >= 0.6 is 0 Å². The zero-order valence-corrected chi connectivity index (χ0v) is 9.88. The summed E-state index contributed by atoms with van der Waals surface area (Å²) in [7, 11) is 0. The molecule has 0 bridgehead atoms. The number of likely N-dealkylation sites (tertiary alicyclic amines) is 1. The quantitative estimate of drug-likeness (QED) is 0.797. The summed E-state index contributed by atoms with van der Waals surface area (Å²) < 4.78 is 0. The molecular formula is C13H19N3O. The molecule has 2 unspecified atom stereocenters. The lowest BCUT2D eigenvalue weighted by Gasteiger charge is -2.24. The van der Waals surface area contributed by atoms with E-state index < -0.39 is 6.04 Å². The van der Waals surface area contributed by atoms with Crippen LogP contribution in [0.1, 0.15) is 18.4 Å². The van der Waals surface area contributed by atoms with Crippen molar-refractivity contribution in [1.82, 2.24) is 4.90 Å². The van der Waals surface area contributed by atoms with Crippen LogP contribution in [0.25, 0.3) is 0 Å². The van der Waals surface area contributed by atoms with Crippen LogP contribution in [-0.2, 0) is 11.2 Å². The Morgan fingerprint density at radius 3 is 2.71 bits per heavy atom. The lowest BCUT2D eigenvalue weighted by Crippen LogP contribution is -2.49. The van der Waals surface area contributed by atoms with Crippen molar-refractivity contribution < 1.29 is 4.79 Å². The molecule has 4 N–H and O–H groups in total. The molecule has 1 aromatic carbocycles. The molecule has 0 saturated carbocycles. The molecule has 0 aromatic heterocycles. The molecule has 1 fully saturated rings. The van der Waals surface area contributed by atoms with Crippen molar-refractivity contribution in [2.45, 2.75) is 31.5 Å². The van der Waals surface area contributed by atoms with E-state index in [0.717, 1.165) is 24.9 Å². The zero-order chi connectivity index (χ0) is 12.3. The molecule has 1 aliphatic rings. The summed E-state index contributed by atoms with van der Waals surface area (Å²) in [6.07, 6.45) is 2.28. The summed E-state index contributed by atoms with van der Waals surface area (Å²) in [6.45, 7) is 0.739. The van der Waals surface area contributed by atoms with Gasteiger partial charge < -0.3 is 16.4 Å². The van der Waals surface area contributed by atoms with E-state index in [9.17, 15) is 4.79 Å². The number of carbonyl (C=O) groups excluding carboxylic acids is 1. The van der Waals surface area contributed by atoms with Crippen molar-refractivity contribution in [1.29, 1.82) is 0 Å². The second kappa shape index (κ2) is 5.29. The van der Waals surface area contributed by atoms with Crippen LogP contribution in [0.3, 0.4) is 0 Å². The van der Waals surface area contributed by atoms with Crippen molar-refractivity contribution >= 4 is 5.91 Å². The second-order valence-corrected chi connectivity index (χ2v) is 4.54. The van der Waals surface area contributed by atoms with E-state index in [1.165, 1.54) is 0 Å². The van der Waals surface area contributed by atoms with Gasteiger partial charge in [0.2, 0.25) is 5.91 Å². The van der Waals surface area contributed by atoms with Crippen molar-refractivity contribution in [3.63, 3.8) is 0 Å². The van der Waals surface area contributed by atoms with E-state index in [4.69, 9.17) is 11.5 Å². The average Bonchev–Trinajstić information content (AvgIpc) is 2.76. The largest absolute Gasteiger partial charge is 0.326 e. The first-order valence-corrected chi connectivity index (χ1v) is 6.04. The average molecular weight is 233 g/mol. The Balaban J connectivity index is 1.96. The van der Waals surface area contributed by atoms with E-state index in [2.05, 4.69) is 0 Å². The van der Waals surface area contributed by atoms with Gasteiger partial charge >= 0.3 is 0 Å². The standard InChI is InChI=1S/C13H19N3O/c14-11(9-10-5-2-1-3-6-10)13(17)16-8-4-7-12(16)15/h1-3,5-6,11-12H,4,7-9,14-15H2. The SMILES string of the molecule is NC(Cc1ccccc1)C(=O)N1CCCC1N. The molecule has 1 aliphatic heterocycles. The fourth-order valence-corrected chi connectivity index (χ4v) is 2.23. The van der Waals surface area contributed by atoms with E-state index >= 15 is 0 Å². The third kappa shape index (κ3) is 2.84. The van der Waals surface area contributed by atoms with Crippen molar-refractivity contribution in [2.75, 3.05) is 6.54 Å². The summed E-state index contributed by atoms with van der Waals surface area (Å²) in [5.41, 5.74) is 12.9. The molecule has 2 atom stereocenters. The maximum absolute atomic E-state index is 12.1. The Bertz CT molecular complexity index is 380. The van der Waals surface area contributed by atoms with Gasteiger partial charge in [-0.05, 0) is 24.8 Å². The number of benzene rings is 1. The first kappa shape index (κ1) is 12.1. The van der Waals surface area contributed by atoms with Gasteiger partial charge in [-0.25, -0.2) is 0 Å². The molecule has 4 nitrogen and oxygen atoms in total. The number of rotatable bonds is 3. The number of nitrogens with two attached hydrogens (primary N) is 2. The molecule has 1 heterocycles. The minimum atomic E-state index is -0.485. The lowest BCUT2D eigenvalue weighted by molar-refractivity contribution is -0.133. The van der Waals surface area contributed by atoms with Crippen LogP contribution in [-0.4, -0.2) is 29.6 Å². The van der Waals surface area contributed by atoms with Crippen LogP contribution in [0.2, 0.25) is 0 Å². The maximum Gasteiger partial charge on any atom is 0.241 e. The predicted octanol–water partition coefficient (Wildman–Crippen LogP) is 0.464. The molecule has 1 saturated heterocycles. The lowest BCUT2D eigenvalue weighted by atomic mass is 10.1. The number of carbonyl (C=O) groups is 1. The highest BCUT2D eigenvalue weighted by molar-refractivity contribution is 5.82. The second-order valence-electron chi connectivity index (χ2n) is 4.54. The van der Waals surface area contributed by atoms with Crippen LogP contribution in [0.5, 0.6) is 0 Å². The normalized spacial score (nSPS) is 21.5. The van der Waals surface area contributed by atoms with Gasteiger partial charge in [0.15, 0.2) is 0 Å². The first-order valence-electron chi connectivity index (χ1n) is 6.04. The first-order chi connectivity index (χ1) is 8.18. The van der Waals surface area contributed by atoms with Gasteiger partial charge in [-0.1, -0.05) is 30.3 Å². The predicted molar refractivity (Wildman–Crippen MR) is 67.0 cm³/mol. The number of hydrogen-bond donors (Lipinski definition) is 2. The van der Waals surface area contributed by atoms with Crippen LogP contribution in [0.4, 0.5) is 0 Å². The highest BCUT2D eigenvalue weighted by Gasteiger charge is 2.29. The van der Waals surface area contributed by atoms with E-state index in [0.29, 0.717) is 6.42 Å². The minimum Gasteiger partial charge on any atom is -0.326 e. The van der Waals surface area contributed by atoms with E-state index in [-0.39, 0.29) is 12.1 Å². The number of amides is 1. The molecular weight excluding hydrogens is 214 g/mol. The molecule has 2 rings (SSSR count). The Hall–Kier alpha value is -1.39. The van der Waals surface area contributed by atoms with Crippen molar-refractivity contribution in [2.24, 2.45) is 11.5 Å². The number of nitrogens with zero attached hydrogens (tertiary/aromatic N) is 1. The Labute approximate surface area is 102 Å². The minimum absolute atomic E-state index is 0.0288. The van der Waals surface area contributed by atoms with Gasteiger partial charge in [0.25, 0.3) is 0 Å². The summed E-state index contributed by atoms with van der Waals surface area (Å²) in [5, 5.41) is 0. The van der Waals surface area contributed by atoms with Gasteiger partial charge in [-0.3, -0.25) is 4.79 Å². The van der Waals surface area contributed by atoms with Gasteiger partial charge in [-0.2, -0.15) is 0 Å². The van der Waals surface area contributed by atoms with Crippen LogP contribution < -0.4 is 11.5 Å². The third-order valence-electron chi connectivity index (χ3n) is 3.20. The Morgan fingerprint density at radius 1 is 1.41 bits per heavy atom. The highest BCUT2D eigenvalue weighted by Crippen LogP contribution is 2.14. The van der Waals surface area contributed by atoms with Crippen LogP contribution in [0.15, 0.2) is 30.3 Å². The molecule has 1 aromatic rings. The molecule has 92 valence electrons. The monoisotopic (exact) mass is 233 g/mol. The summed E-state index contributed by atoms with van der Waals surface area (Å²) in [4.78, 5) is 13.8. The van der Waals surface area contributed by atoms with Gasteiger partial charge in [0.1, 0.15) is 0 Å². The molecule has 0 aliphatic carbocycles. The van der Waals surface area contributed by atoms with Gasteiger partial charge in [-0.15, -0.1) is 0 Å². The number of hydrogen-bond acceptors (Lipinski definition) is 3. The fraction of sp³-hybridized carbons (Fsp3) is 0.462. The van der Waals surface area contributed by atoms with Crippen LogP contribution in [0, 0.1) is 0 Å². The molecule has 0 spiro atoms. The van der Waals surface area contributed by atoms with Gasteiger partial charge in [0.05, 0.1) is 12.2 Å². The summed E-state index contributed by atoms with van der Waals surface area (Å²) >= 11 is 0. The molecule has 0 radical (unpaired) electrons. The molecule has 4 heteroatoms. The van der Waals surface area contributed by atoms with Gasteiger partial charge in [0, 0.05) is 6.54 Å². The Kier molecular flexibility index (Phi) is 3.76. The zero-order valence-electron chi connectivity index (χ0n) is 9.88. The molecule has 1 amide bonds. The van der Waals surface area contributed by atoms with Crippen molar-refractivity contribution in [3.8, 4) is 0 Å². The summed E-state index contributed by atoms with van der Waals surface area (Å²) in [6, 6.07) is 9.34. The van der Waals surface area contributed by atoms with Crippen molar-refractivity contribution in [3.05, 3.63) is 35.9 Å². The topological polar surface area (TPSA) is 72.4 Å². The smallest absolute Gasteiger partial charge is 0.241 e. The Morgan fingerprint density at radius 2 is 2.12 bits per heavy atom. The fourth-order valence-electron chi connectivity index (χ4n) is 2.23. The van der Waals surface area contributed by atoms with E-state index in [1.54, 1.807) is 4.90 Å². The molecule has 17 heavy (non-hydrogen) atoms. The van der Waals surface area contributed by atoms with E-state index in [1.807, 2.05) is 30.3 Å².